The predicted molar refractivity (Wildman–Crippen MR) is 166 cm³/mol. The maximum atomic E-state index is 12.4. The van der Waals surface area contributed by atoms with E-state index in [1.54, 1.807) is 0 Å². The van der Waals surface area contributed by atoms with Gasteiger partial charge in [-0.25, -0.2) is 0 Å². The highest BCUT2D eigenvalue weighted by atomic mass is 16.1. The van der Waals surface area contributed by atoms with E-state index in [1.807, 2.05) is 6.07 Å². The van der Waals surface area contributed by atoms with Gasteiger partial charge in [0.25, 0.3) is 0 Å². The fraction of sp³-hybridized carbons (Fsp3) is 0. The molecule has 0 bridgehead atoms. The highest BCUT2D eigenvalue weighted by molar-refractivity contribution is 6.10. The third-order valence-corrected chi connectivity index (χ3v) is 8.02. The van der Waals surface area contributed by atoms with Crippen LogP contribution in [-0.4, -0.2) is 15.4 Å². The third kappa shape index (κ3) is 3.28. The van der Waals surface area contributed by atoms with Gasteiger partial charge in [0.05, 0.1) is 22.1 Å². The quantitative estimate of drug-likeness (QED) is 0.216. The number of para-hydroxylation sites is 4. The molecule has 0 radical (unpaired) electrons. The predicted octanol–water partition coefficient (Wildman–Crippen LogP) is 9.36. The van der Waals surface area contributed by atoms with Crippen LogP contribution in [0.25, 0.3) is 66.1 Å². The number of hydrogen-bond donors (Lipinski definition) is 0. The molecule has 188 valence electrons. The molecule has 0 aliphatic heterocycles. The van der Waals surface area contributed by atoms with Crippen LogP contribution in [-0.2, 0) is 0 Å². The molecule has 3 nitrogen and oxygen atoms in total. The molecule has 40 heavy (non-hydrogen) atoms. The van der Waals surface area contributed by atoms with Crippen molar-refractivity contribution in [2.45, 2.75) is 0 Å². The molecule has 2 aromatic heterocycles. The molecular formula is C37H24N2O. The Morgan fingerprint density at radius 3 is 1.27 bits per heavy atom. The molecule has 8 rings (SSSR count). The second-order valence-electron chi connectivity index (χ2n) is 10.2. The summed E-state index contributed by atoms with van der Waals surface area (Å²) in [5, 5.41) is 4.89. The van der Waals surface area contributed by atoms with Gasteiger partial charge in [0, 0.05) is 38.5 Å². The largest absolute Gasteiger partial charge is 0.309 e. The normalized spacial score (nSPS) is 11.6. The van der Waals surface area contributed by atoms with E-state index < -0.39 is 0 Å². The van der Waals surface area contributed by atoms with E-state index in [1.165, 1.54) is 32.6 Å². The average molecular weight is 513 g/mol. The molecule has 0 saturated heterocycles. The molecule has 0 N–H and O–H groups in total. The van der Waals surface area contributed by atoms with Crippen molar-refractivity contribution in [3.8, 4) is 22.5 Å². The minimum Gasteiger partial charge on any atom is -0.309 e. The standard InChI is InChI=1S/C37H24N2O/c40-24-26-23-28(39-36-15-7-3-11-32(36)33-12-4-8-16-37(33)39)21-22-29(26)25-17-19-27(20-18-25)38-34-13-5-1-9-30(34)31-10-2-6-14-35(31)38/h1-24H. The van der Waals surface area contributed by atoms with E-state index in [0.29, 0.717) is 5.56 Å². The lowest BCUT2D eigenvalue weighted by Crippen LogP contribution is -1.97. The van der Waals surface area contributed by atoms with Gasteiger partial charge in [-0.05, 0) is 59.7 Å². The van der Waals surface area contributed by atoms with Crippen LogP contribution in [0.2, 0.25) is 0 Å². The molecule has 0 spiro atoms. The molecule has 0 fully saturated rings. The molecule has 6 aromatic carbocycles. The maximum absolute atomic E-state index is 12.4. The van der Waals surface area contributed by atoms with Gasteiger partial charge < -0.3 is 9.13 Å². The molecule has 0 unspecified atom stereocenters. The highest BCUT2D eigenvalue weighted by Gasteiger charge is 2.15. The van der Waals surface area contributed by atoms with E-state index in [9.17, 15) is 4.79 Å². The highest BCUT2D eigenvalue weighted by Crippen LogP contribution is 2.35. The van der Waals surface area contributed by atoms with Crippen LogP contribution in [0, 0.1) is 0 Å². The molecule has 8 aromatic rings. The van der Waals surface area contributed by atoms with Crippen LogP contribution in [0.5, 0.6) is 0 Å². The monoisotopic (exact) mass is 512 g/mol. The van der Waals surface area contributed by atoms with E-state index in [2.05, 4.69) is 143 Å². The Morgan fingerprint density at radius 2 is 0.825 bits per heavy atom. The summed E-state index contributed by atoms with van der Waals surface area (Å²) in [7, 11) is 0. The second kappa shape index (κ2) is 8.82. The van der Waals surface area contributed by atoms with Crippen LogP contribution in [0.3, 0.4) is 0 Å². The first kappa shape index (κ1) is 22.6. The molecule has 0 saturated carbocycles. The zero-order valence-electron chi connectivity index (χ0n) is 21.7. The summed E-state index contributed by atoms with van der Waals surface area (Å²) in [5.74, 6) is 0. The first-order valence-electron chi connectivity index (χ1n) is 13.5. The zero-order chi connectivity index (χ0) is 26.6. The topological polar surface area (TPSA) is 26.9 Å². The number of aldehydes is 1. The molecule has 2 heterocycles. The van der Waals surface area contributed by atoms with Crippen molar-refractivity contribution >= 4 is 49.9 Å². The van der Waals surface area contributed by atoms with Gasteiger partial charge in [-0.3, -0.25) is 4.79 Å². The van der Waals surface area contributed by atoms with Crippen LogP contribution < -0.4 is 0 Å². The number of carbonyl (C=O) groups is 1. The first-order chi connectivity index (χ1) is 19.8. The Labute approximate surface area is 231 Å². The molecule has 0 amide bonds. The molecule has 0 aliphatic rings. The SMILES string of the molecule is O=Cc1cc(-n2c3ccccc3c3ccccc32)ccc1-c1ccc(-n2c3ccccc3c3ccccc32)cc1. The van der Waals surface area contributed by atoms with Gasteiger partial charge in [0.1, 0.15) is 0 Å². The van der Waals surface area contributed by atoms with Crippen molar-refractivity contribution in [2.75, 3.05) is 0 Å². The summed E-state index contributed by atoms with van der Waals surface area (Å²) < 4.78 is 4.55. The number of benzene rings is 6. The minimum absolute atomic E-state index is 0.670. The van der Waals surface area contributed by atoms with Crippen LogP contribution in [0.15, 0.2) is 140 Å². The smallest absolute Gasteiger partial charge is 0.150 e. The Hall–Kier alpha value is -5.41. The van der Waals surface area contributed by atoms with Crippen molar-refractivity contribution in [1.82, 2.24) is 9.13 Å². The number of carbonyl (C=O) groups excluding carboxylic acids is 1. The molecule has 0 aliphatic carbocycles. The lowest BCUT2D eigenvalue weighted by atomic mass is 9.99. The Balaban J connectivity index is 1.25. The molecule has 0 atom stereocenters. The summed E-state index contributed by atoms with van der Waals surface area (Å²) in [6.45, 7) is 0. The minimum atomic E-state index is 0.670. The summed E-state index contributed by atoms with van der Waals surface area (Å²) in [6, 6.07) is 48.6. The van der Waals surface area contributed by atoms with Gasteiger partial charge in [0.2, 0.25) is 0 Å². The first-order valence-corrected chi connectivity index (χ1v) is 13.5. The summed E-state index contributed by atoms with van der Waals surface area (Å²) in [4.78, 5) is 12.4. The zero-order valence-corrected chi connectivity index (χ0v) is 21.7. The van der Waals surface area contributed by atoms with Gasteiger partial charge in [-0.1, -0.05) is 91.0 Å². The average Bonchev–Trinajstić information content (AvgIpc) is 3.54. The van der Waals surface area contributed by atoms with E-state index >= 15 is 0 Å². The van der Waals surface area contributed by atoms with Gasteiger partial charge in [-0.15, -0.1) is 0 Å². The van der Waals surface area contributed by atoms with Crippen molar-refractivity contribution in [3.63, 3.8) is 0 Å². The van der Waals surface area contributed by atoms with Crippen molar-refractivity contribution in [1.29, 1.82) is 0 Å². The second-order valence-corrected chi connectivity index (χ2v) is 10.2. The third-order valence-electron chi connectivity index (χ3n) is 8.02. The van der Waals surface area contributed by atoms with E-state index in [0.717, 1.165) is 39.8 Å². The lowest BCUT2D eigenvalue weighted by molar-refractivity contribution is 0.112. The van der Waals surface area contributed by atoms with Gasteiger partial charge in [-0.2, -0.15) is 0 Å². The summed E-state index contributed by atoms with van der Waals surface area (Å²) >= 11 is 0. The van der Waals surface area contributed by atoms with Crippen molar-refractivity contribution in [2.24, 2.45) is 0 Å². The lowest BCUT2D eigenvalue weighted by Gasteiger charge is -2.13. The fourth-order valence-electron chi connectivity index (χ4n) is 6.24. The molecular weight excluding hydrogens is 488 g/mol. The van der Waals surface area contributed by atoms with Crippen molar-refractivity contribution < 1.29 is 4.79 Å². The number of hydrogen-bond acceptors (Lipinski definition) is 1. The van der Waals surface area contributed by atoms with Gasteiger partial charge >= 0.3 is 0 Å². The Morgan fingerprint density at radius 1 is 0.425 bits per heavy atom. The number of aromatic nitrogens is 2. The maximum Gasteiger partial charge on any atom is 0.150 e. The van der Waals surface area contributed by atoms with Crippen LogP contribution in [0.1, 0.15) is 10.4 Å². The Kier molecular flexibility index (Phi) is 4.98. The summed E-state index contributed by atoms with van der Waals surface area (Å²) in [5.41, 5.74) is 9.30. The number of fused-ring (bicyclic) bond motifs is 6. The fourth-order valence-corrected chi connectivity index (χ4v) is 6.24. The number of nitrogens with zero attached hydrogens (tertiary/aromatic N) is 2. The molecule has 3 heteroatoms. The summed E-state index contributed by atoms with van der Waals surface area (Å²) in [6.07, 6.45) is 0.966. The number of rotatable bonds is 4. The Bertz CT molecular complexity index is 2130. The van der Waals surface area contributed by atoms with E-state index in [4.69, 9.17) is 0 Å². The van der Waals surface area contributed by atoms with Crippen LogP contribution in [0.4, 0.5) is 0 Å². The van der Waals surface area contributed by atoms with E-state index in [-0.39, 0.29) is 0 Å². The van der Waals surface area contributed by atoms with Crippen LogP contribution >= 0.6 is 0 Å². The van der Waals surface area contributed by atoms with Crippen molar-refractivity contribution in [3.05, 3.63) is 145 Å². The van der Waals surface area contributed by atoms with Gasteiger partial charge in [0.15, 0.2) is 6.29 Å².